The van der Waals surface area contributed by atoms with Crippen LogP contribution in [0, 0.1) is 5.92 Å². The molecular weight excluding hydrogens is 310 g/mol. The van der Waals surface area contributed by atoms with Gasteiger partial charge in [-0.1, -0.05) is 12.8 Å². The highest BCUT2D eigenvalue weighted by Gasteiger charge is 2.48. The number of carbonyl (C=O) groups is 2. The van der Waals surface area contributed by atoms with Gasteiger partial charge < -0.3 is 10.0 Å². The third-order valence-corrected chi connectivity index (χ3v) is 6.99. The quantitative estimate of drug-likeness (QED) is 0.901. The van der Waals surface area contributed by atoms with Crippen LogP contribution < -0.4 is 0 Å². The highest BCUT2D eigenvalue weighted by atomic mass is 32.1. The fourth-order valence-corrected chi connectivity index (χ4v) is 5.90. The van der Waals surface area contributed by atoms with Gasteiger partial charge in [-0.3, -0.25) is 4.79 Å². The van der Waals surface area contributed by atoms with E-state index in [-0.39, 0.29) is 11.9 Å². The first-order chi connectivity index (χ1) is 11.2. The lowest BCUT2D eigenvalue weighted by Gasteiger charge is -2.33. The van der Waals surface area contributed by atoms with Gasteiger partial charge in [0.15, 0.2) is 0 Å². The Morgan fingerprint density at radius 3 is 2.74 bits per heavy atom. The van der Waals surface area contributed by atoms with Crippen molar-refractivity contribution in [1.29, 1.82) is 0 Å². The predicted molar refractivity (Wildman–Crippen MR) is 88.9 cm³/mol. The number of carboxylic acids is 1. The maximum atomic E-state index is 13.2. The Morgan fingerprint density at radius 1 is 1.13 bits per heavy atom. The second kappa shape index (κ2) is 5.93. The monoisotopic (exact) mass is 333 g/mol. The van der Waals surface area contributed by atoms with Crippen LogP contribution in [-0.4, -0.2) is 34.0 Å². The summed E-state index contributed by atoms with van der Waals surface area (Å²) >= 11 is 1.68. The third-order valence-electron chi connectivity index (χ3n) is 5.90. The lowest BCUT2D eigenvalue weighted by Crippen LogP contribution is -2.46. The first-order valence-electron chi connectivity index (χ1n) is 8.81. The van der Waals surface area contributed by atoms with E-state index in [1.165, 1.54) is 23.3 Å². The SMILES string of the molecule is O=C(O)C1CC2CCCCC2N1C(=O)c1csc2c1CCCC2. The number of hydrogen-bond donors (Lipinski definition) is 1. The fourth-order valence-electron chi connectivity index (χ4n) is 4.78. The van der Waals surface area contributed by atoms with Crippen LogP contribution in [0.15, 0.2) is 5.38 Å². The van der Waals surface area contributed by atoms with Crippen molar-refractivity contribution in [2.75, 3.05) is 0 Å². The zero-order valence-electron chi connectivity index (χ0n) is 13.3. The molecule has 1 saturated carbocycles. The van der Waals surface area contributed by atoms with E-state index in [9.17, 15) is 14.7 Å². The number of aliphatic carboxylic acids is 1. The maximum Gasteiger partial charge on any atom is 0.326 e. The number of hydrogen-bond acceptors (Lipinski definition) is 3. The van der Waals surface area contributed by atoms with Gasteiger partial charge in [0.05, 0.1) is 5.56 Å². The molecule has 0 spiro atoms. The van der Waals surface area contributed by atoms with Gasteiger partial charge in [-0.15, -0.1) is 11.3 Å². The van der Waals surface area contributed by atoms with Crippen LogP contribution in [0.5, 0.6) is 0 Å². The molecule has 1 aromatic rings. The van der Waals surface area contributed by atoms with E-state index < -0.39 is 12.0 Å². The molecule has 3 aliphatic rings. The number of thiophene rings is 1. The Kier molecular flexibility index (Phi) is 3.92. The van der Waals surface area contributed by atoms with Crippen LogP contribution in [0.25, 0.3) is 0 Å². The van der Waals surface area contributed by atoms with Crippen LogP contribution in [0.3, 0.4) is 0 Å². The van der Waals surface area contributed by atoms with E-state index in [2.05, 4.69) is 0 Å². The summed E-state index contributed by atoms with van der Waals surface area (Å²) in [6.45, 7) is 0. The number of rotatable bonds is 2. The molecule has 4 rings (SSSR count). The van der Waals surface area contributed by atoms with Gasteiger partial charge in [-0.25, -0.2) is 4.79 Å². The molecule has 2 aliphatic carbocycles. The van der Waals surface area contributed by atoms with E-state index in [1.807, 2.05) is 5.38 Å². The summed E-state index contributed by atoms with van der Waals surface area (Å²) in [6, 6.07) is -0.494. The summed E-state index contributed by atoms with van der Waals surface area (Å²) in [5.41, 5.74) is 2.00. The van der Waals surface area contributed by atoms with Crippen LogP contribution in [0.2, 0.25) is 0 Å². The van der Waals surface area contributed by atoms with Gasteiger partial charge in [0, 0.05) is 16.3 Å². The summed E-state index contributed by atoms with van der Waals surface area (Å²) in [5.74, 6) is -0.480. The molecule has 5 heteroatoms. The molecule has 2 fully saturated rings. The number of amides is 1. The summed E-state index contributed by atoms with van der Waals surface area (Å²) in [7, 11) is 0. The smallest absolute Gasteiger partial charge is 0.326 e. The molecule has 1 N–H and O–H groups in total. The molecule has 4 nitrogen and oxygen atoms in total. The first kappa shape index (κ1) is 15.2. The van der Waals surface area contributed by atoms with Crippen LogP contribution in [0.1, 0.15) is 65.7 Å². The number of carboxylic acid groups (broad SMARTS) is 1. The average Bonchev–Trinajstić information content (AvgIpc) is 3.16. The Morgan fingerprint density at radius 2 is 1.91 bits per heavy atom. The van der Waals surface area contributed by atoms with Gasteiger partial charge in [0.1, 0.15) is 6.04 Å². The zero-order chi connectivity index (χ0) is 16.0. The van der Waals surface area contributed by atoms with Crippen molar-refractivity contribution in [3.8, 4) is 0 Å². The molecule has 0 aromatic carbocycles. The minimum atomic E-state index is -0.836. The molecule has 1 saturated heterocycles. The second-order valence-electron chi connectivity index (χ2n) is 7.17. The third kappa shape index (κ3) is 2.49. The van der Waals surface area contributed by atoms with Crippen molar-refractivity contribution < 1.29 is 14.7 Å². The van der Waals surface area contributed by atoms with E-state index >= 15 is 0 Å². The Hall–Kier alpha value is -1.36. The first-order valence-corrected chi connectivity index (χ1v) is 9.69. The second-order valence-corrected chi connectivity index (χ2v) is 8.14. The number of carbonyl (C=O) groups excluding carboxylic acids is 1. The lowest BCUT2D eigenvalue weighted by molar-refractivity contribution is -0.141. The van der Waals surface area contributed by atoms with Gasteiger partial charge in [-0.2, -0.15) is 0 Å². The molecule has 23 heavy (non-hydrogen) atoms. The predicted octanol–water partition coefficient (Wildman–Crippen LogP) is 3.48. The molecule has 3 unspecified atom stereocenters. The largest absolute Gasteiger partial charge is 0.480 e. The van der Waals surface area contributed by atoms with E-state index in [0.717, 1.165) is 44.1 Å². The number of aryl methyl sites for hydroxylation is 1. The molecule has 2 heterocycles. The molecule has 1 aromatic heterocycles. The molecule has 1 amide bonds. The number of fused-ring (bicyclic) bond motifs is 2. The van der Waals surface area contributed by atoms with Crippen LogP contribution in [-0.2, 0) is 17.6 Å². The Labute approximate surface area is 140 Å². The highest BCUT2D eigenvalue weighted by Crippen LogP contribution is 2.41. The number of likely N-dealkylation sites (tertiary alicyclic amines) is 1. The lowest BCUT2D eigenvalue weighted by atomic mass is 9.84. The summed E-state index contributed by atoms with van der Waals surface area (Å²) in [5, 5.41) is 11.6. The van der Waals surface area contributed by atoms with Crippen molar-refractivity contribution in [2.45, 2.75) is 69.9 Å². The van der Waals surface area contributed by atoms with Gasteiger partial charge in [0.25, 0.3) is 5.91 Å². The highest BCUT2D eigenvalue weighted by molar-refractivity contribution is 7.10. The van der Waals surface area contributed by atoms with Crippen molar-refractivity contribution >= 4 is 23.2 Å². The minimum Gasteiger partial charge on any atom is -0.480 e. The molecule has 3 atom stereocenters. The molecular formula is C18H23NO3S. The fraction of sp³-hybridized carbons (Fsp3) is 0.667. The van der Waals surface area contributed by atoms with E-state index in [1.54, 1.807) is 16.2 Å². The zero-order valence-corrected chi connectivity index (χ0v) is 14.1. The normalized spacial score (nSPS) is 29.9. The Balaban J connectivity index is 1.67. The van der Waals surface area contributed by atoms with Crippen LogP contribution in [0.4, 0.5) is 0 Å². The van der Waals surface area contributed by atoms with E-state index in [4.69, 9.17) is 0 Å². The van der Waals surface area contributed by atoms with Crippen LogP contribution >= 0.6 is 11.3 Å². The molecule has 124 valence electrons. The minimum absolute atomic E-state index is 0.0220. The van der Waals surface area contributed by atoms with Crippen molar-refractivity contribution in [3.63, 3.8) is 0 Å². The maximum absolute atomic E-state index is 13.2. The summed E-state index contributed by atoms with van der Waals surface area (Å²) in [4.78, 5) is 28.0. The van der Waals surface area contributed by atoms with Gasteiger partial charge in [-0.05, 0) is 56.4 Å². The van der Waals surface area contributed by atoms with Gasteiger partial charge >= 0.3 is 5.97 Å². The van der Waals surface area contributed by atoms with Crippen molar-refractivity contribution in [3.05, 3.63) is 21.4 Å². The molecule has 0 radical (unpaired) electrons. The van der Waals surface area contributed by atoms with Crippen molar-refractivity contribution in [1.82, 2.24) is 4.90 Å². The Bertz CT molecular complexity index is 638. The topological polar surface area (TPSA) is 57.6 Å². The van der Waals surface area contributed by atoms with Gasteiger partial charge in [0.2, 0.25) is 0 Å². The summed E-state index contributed by atoms with van der Waals surface area (Å²) in [6.07, 6.45) is 9.33. The average molecular weight is 333 g/mol. The molecule has 1 aliphatic heterocycles. The standard InChI is InChI=1S/C18H23NO3S/c20-17(13-10-23-16-8-4-2-6-12(13)16)19-14-7-3-1-5-11(14)9-15(19)18(21)22/h10-11,14-15H,1-9H2,(H,21,22). The van der Waals surface area contributed by atoms with Crippen molar-refractivity contribution in [2.24, 2.45) is 5.92 Å². The number of nitrogens with zero attached hydrogens (tertiary/aromatic N) is 1. The molecule has 0 bridgehead atoms. The van der Waals surface area contributed by atoms with E-state index in [0.29, 0.717) is 12.3 Å². The summed E-state index contributed by atoms with van der Waals surface area (Å²) < 4.78 is 0.